The fourth-order valence-corrected chi connectivity index (χ4v) is 2.29. The molecule has 1 saturated heterocycles. The van der Waals surface area contributed by atoms with E-state index in [4.69, 9.17) is 4.74 Å². The molecule has 1 aliphatic rings. The van der Waals surface area contributed by atoms with E-state index in [2.05, 4.69) is 26.2 Å². The number of halogens is 2. The highest BCUT2D eigenvalue weighted by atomic mass is 79.9. The SMILES string of the molecule is Br.CC(C)(C)OC(=O)N1CCNC(c2ccc(Br)nc2)C1. The van der Waals surface area contributed by atoms with Crippen LogP contribution in [0.4, 0.5) is 4.79 Å². The highest BCUT2D eigenvalue weighted by Gasteiger charge is 2.28. The monoisotopic (exact) mass is 421 g/mol. The minimum absolute atomic E-state index is 0. The molecule has 0 aliphatic carbocycles. The van der Waals surface area contributed by atoms with Crippen LogP contribution < -0.4 is 5.32 Å². The van der Waals surface area contributed by atoms with Crippen molar-refractivity contribution in [2.24, 2.45) is 0 Å². The van der Waals surface area contributed by atoms with Crippen molar-refractivity contribution in [1.82, 2.24) is 15.2 Å². The number of hydrogen-bond donors (Lipinski definition) is 1. The summed E-state index contributed by atoms with van der Waals surface area (Å²) in [5, 5.41) is 3.40. The smallest absolute Gasteiger partial charge is 0.410 e. The Balaban J connectivity index is 0.00000220. The number of nitrogens with zero attached hydrogens (tertiary/aromatic N) is 2. The van der Waals surface area contributed by atoms with E-state index >= 15 is 0 Å². The third-order valence-electron chi connectivity index (χ3n) is 2.98. The van der Waals surface area contributed by atoms with Crippen molar-refractivity contribution in [3.8, 4) is 0 Å². The zero-order valence-corrected chi connectivity index (χ0v) is 15.7. The molecule has 1 aromatic heterocycles. The molecular weight excluding hydrogens is 402 g/mol. The molecular formula is C14H21Br2N3O2. The van der Waals surface area contributed by atoms with Crippen LogP contribution >= 0.6 is 32.9 Å². The van der Waals surface area contributed by atoms with Crippen molar-refractivity contribution in [3.63, 3.8) is 0 Å². The Hall–Kier alpha value is -0.660. The lowest BCUT2D eigenvalue weighted by Crippen LogP contribution is -2.49. The first kappa shape index (κ1) is 18.4. The number of piperazine rings is 1. The molecule has 0 aromatic carbocycles. The molecule has 0 saturated carbocycles. The van der Waals surface area contributed by atoms with E-state index in [1.54, 1.807) is 4.90 Å². The number of rotatable bonds is 1. The van der Waals surface area contributed by atoms with Gasteiger partial charge in [0.15, 0.2) is 0 Å². The second-order valence-electron chi connectivity index (χ2n) is 5.85. The van der Waals surface area contributed by atoms with E-state index in [1.165, 1.54) is 0 Å². The van der Waals surface area contributed by atoms with E-state index in [1.807, 2.05) is 39.1 Å². The van der Waals surface area contributed by atoms with E-state index in [-0.39, 0.29) is 29.1 Å². The Morgan fingerprint density at radius 2 is 2.19 bits per heavy atom. The first-order chi connectivity index (χ1) is 9.35. The molecule has 0 spiro atoms. The van der Waals surface area contributed by atoms with Crippen LogP contribution in [0.5, 0.6) is 0 Å². The van der Waals surface area contributed by atoms with Gasteiger partial charge >= 0.3 is 6.09 Å². The summed E-state index contributed by atoms with van der Waals surface area (Å²) >= 11 is 3.32. The number of hydrogen-bond acceptors (Lipinski definition) is 4. The zero-order chi connectivity index (χ0) is 14.8. The number of aromatic nitrogens is 1. The topological polar surface area (TPSA) is 54.5 Å². The average molecular weight is 423 g/mol. The fraction of sp³-hybridized carbons (Fsp3) is 0.571. The van der Waals surface area contributed by atoms with Gasteiger partial charge < -0.3 is 15.0 Å². The van der Waals surface area contributed by atoms with Crippen LogP contribution in [0.2, 0.25) is 0 Å². The molecule has 1 amide bonds. The number of carbonyl (C=O) groups excluding carboxylic acids is 1. The molecule has 1 fully saturated rings. The molecule has 1 N–H and O–H groups in total. The first-order valence-electron chi connectivity index (χ1n) is 6.68. The summed E-state index contributed by atoms with van der Waals surface area (Å²) in [6, 6.07) is 4.01. The van der Waals surface area contributed by atoms with Gasteiger partial charge in [0.25, 0.3) is 0 Å². The Bertz CT molecular complexity index is 474. The molecule has 1 atom stereocenters. The summed E-state index contributed by atoms with van der Waals surface area (Å²) in [5.41, 5.74) is 0.609. The fourth-order valence-electron chi connectivity index (χ4n) is 2.06. The van der Waals surface area contributed by atoms with Gasteiger partial charge in [-0.05, 0) is 48.3 Å². The summed E-state index contributed by atoms with van der Waals surface area (Å²) in [7, 11) is 0. The van der Waals surface area contributed by atoms with Crippen molar-refractivity contribution in [2.75, 3.05) is 19.6 Å². The van der Waals surface area contributed by atoms with Gasteiger partial charge in [-0.1, -0.05) is 6.07 Å². The van der Waals surface area contributed by atoms with Gasteiger partial charge in [0.2, 0.25) is 0 Å². The van der Waals surface area contributed by atoms with Gasteiger partial charge in [-0.2, -0.15) is 0 Å². The Morgan fingerprint density at radius 1 is 1.48 bits per heavy atom. The van der Waals surface area contributed by atoms with Crippen LogP contribution in [-0.2, 0) is 4.74 Å². The second kappa shape index (κ2) is 7.56. The van der Waals surface area contributed by atoms with Gasteiger partial charge in [0.05, 0.1) is 6.04 Å². The quantitative estimate of drug-likeness (QED) is 0.705. The van der Waals surface area contributed by atoms with Crippen LogP contribution in [0, 0.1) is 0 Å². The lowest BCUT2D eigenvalue weighted by Gasteiger charge is -2.35. The van der Waals surface area contributed by atoms with Gasteiger partial charge in [-0.15, -0.1) is 17.0 Å². The zero-order valence-electron chi connectivity index (χ0n) is 12.4. The maximum Gasteiger partial charge on any atom is 0.410 e. The van der Waals surface area contributed by atoms with Crippen molar-refractivity contribution in [2.45, 2.75) is 32.4 Å². The maximum atomic E-state index is 12.1. The molecule has 2 rings (SSSR count). The molecule has 1 aromatic rings. The Kier molecular flexibility index (Phi) is 6.62. The van der Waals surface area contributed by atoms with Crippen LogP contribution in [0.1, 0.15) is 32.4 Å². The van der Waals surface area contributed by atoms with Crippen molar-refractivity contribution < 1.29 is 9.53 Å². The van der Waals surface area contributed by atoms with Crippen molar-refractivity contribution >= 4 is 39.0 Å². The molecule has 5 nitrogen and oxygen atoms in total. The minimum atomic E-state index is -0.462. The van der Waals surface area contributed by atoms with E-state index in [0.29, 0.717) is 13.1 Å². The van der Waals surface area contributed by atoms with Crippen LogP contribution in [0.25, 0.3) is 0 Å². The first-order valence-corrected chi connectivity index (χ1v) is 7.47. The lowest BCUT2D eigenvalue weighted by atomic mass is 10.1. The standard InChI is InChI=1S/C14H20BrN3O2.BrH/c1-14(2,3)20-13(19)18-7-6-16-11(9-18)10-4-5-12(15)17-8-10;/h4-5,8,11,16H,6-7,9H2,1-3H3;1H. The van der Waals surface area contributed by atoms with Gasteiger partial charge in [-0.25, -0.2) is 9.78 Å². The molecule has 0 bridgehead atoms. The molecule has 21 heavy (non-hydrogen) atoms. The predicted octanol–water partition coefficient (Wildman–Crippen LogP) is 3.30. The van der Waals surface area contributed by atoms with Crippen LogP contribution in [0.3, 0.4) is 0 Å². The number of pyridine rings is 1. The number of nitrogens with one attached hydrogen (secondary N) is 1. The van der Waals surface area contributed by atoms with Gasteiger partial charge in [0.1, 0.15) is 10.2 Å². The van der Waals surface area contributed by atoms with Crippen LogP contribution in [-0.4, -0.2) is 41.2 Å². The second-order valence-corrected chi connectivity index (χ2v) is 6.66. The predicted molar refractivity (Wildman–Crippen MR) is 90.8 cm³/mol. The number of amides is 1. The van der Waals surface area contributed by atoms with Crippen molar-refractivity contribution in [3.05, 3.63) is 28.5 Å². The lowest BCUT2D eigenvalue weighted by molar-refractivity contribution is 0.0195. The normalized spacial score (nSPS) is 18.9. The summed E-state index contributed by atoms with van der Waals surface area (Å²) in [6.45, 7) is 7.64. The van der Waals surface area contributed by atoms with Crippen LogP contribution in [0.15, 0.2) is 22.9 Å². The largest absolute Gasteiger partial charge is 0.444 e. The third-order valence-corrected chi connectivity index (χ3v) is 3.45. The summed E-state index contributed by atoms with van der Waals surface area (Å²) in [5.74, 6) is 0. The third kappa shape index (κ3) is 5.56. The number of ether oxygens (including phenoxy) is 1. The van der Waals surface area contributed by atoms with Gasteiger partial charge in [0, 0.05) is 25.8 Å². The molecule has 0 radical (unpaired) electrons. The van der Waals surface area contributed by atoms with Crippen molar-refractivity contribution in [1.29, 1.82) is 0 Å². The molecule has 7 heteroatoms. The highest BCUT2D eigenvalue weighted by molar-refractivity contribution is 9.10. The molecule has 1 aliphatic heterocycles. The molecule has 118 valence electrons. The average Bonchev–Trinajstić information content (AvgIpc) is 2.38. The molecule has 2 heterocycles. The summed E-state index contributed by atoms with van der Waals surface area (Å²) in [6.07, 6.45) is 1.56. The summed E-state index contributed by atoms with van der Waals surface area (Å²) in [4.78, 5) is 18.1. The van der Waals surface area contributed by atoms with Gasteiger partial charge in [-0.3, -0.25) is 0 Å². The Morgan fingerprint density at radius 3 is 2.76 bits per heavy atom. The van der Waals surface area contributed by atoms with E-state index in [9.17, 15) is 4.79 Å². The number of carbonyl (C=O) groups is 1. The summed E-state index contributed by atoms with van der Waals surface area (Å²) < 4.78 is 6.22. The molecule has 1 unspecified atom stereocenters. The Labute approximate surface area is 144 Å². The van der Waals surface area contributed by atoms with E-state index < -0.39 is 5.60 Å². The maximum absolute atomic E-state index is 12.1. The highest BCUT2D eigenvalue weighted by Crippen LogP contribution is 2.19. The van der Waals surface area contributed by atoms with E-state index in [0.717, 1.165) is 16.7 Å². The minimum Gasteiger partial charge on any atom is -0.444 e.